The van der Waals surface area contributed by atoms with Crippen molar-refractivity contribution in [1.82, 2.24) is 9.80 Å². The Hall–Kier alpha value is -2.18. The van der Waals surface area contributed by atoms with E-state index in [1.54, 1.807) is 11.3 Å². The maximum atomic E-state index is 12.8. The van der Waals surface area contributed by atoms with Gasteiger partial charge in [-0.1, -0.05) is 24.3 Å². The summed E-state index contributed by atoms with van der Waals surface area (Å²) in [5.41, 5.74) is 9.19. The summed E-state index contributed by atoms with van der Waals surface area (Å²) in [6.07, 6.45) is 1.49. The van der Waals surface area contributed by atoms with E-state index in [4.69, 9.17) is 5.73 Å². The molecule has 3 heterocycles. The maximum absolute atomic E-state index is 12.8. The van der Waals surface area contributed by atoms with Gasteiger partial charge in [0.2, 0.25) is 11.8 Å². The van der Waals surface area contributed by atoms with Crippen molar-refractivity contribution >= 4 is 23.2 Å². The predicted molar refractivity (Wildman–Crippen MR) is 97.0 cm³/mol. The van der Waals surface area contributed by atoms with Gasteiger partial charge in [0.15, 0.2) is 0 Å². The number of nitrogens with zero attached hydrogens (tertiary/aromatic N) is 2. The summed E-state index contributed by atoms with van der Waals surface area (Å²) in [5, 5.41) is 2.09. The van der Waals surface area contributed by atoms with Gasteiger partial charge in [0.25, 0.3) is 0 Å². The minimum Gasteiger partial charge on any atom is -0.368 e. The molecule has 0 spiro atoms. The number of amides is 2. The standard InChI is InChI=1S/C19H21N3O2S/c20-19(24)16-9-13-3-1-2-4-14(13)10-22(16)12-18(23)21-7-5-17-15(11-21)6-8-25-17/h1-4,6,8,16H,5,7,9-12H2,(H2,20,24). The lowest BCUT2D eigenvalue weighted by Gasteiger charge is -2.36. The van der Waals surface area contributed by atoms with Crippen LogP contribution in [0, 0.1) is 0 Å². The van der Waals surface area contributed by atoms with Crippen LogP contribution < -0.4 is 5.73 Å². The van der Waals surface area contributed by atoms with E-state index in [2.05, 4.69) is 17.5 Å². The van der Waals surface area contributed by atoms with E-state index < -0.39 is 6.04 Å². The SMILES string of the molecule is NC(=O)C1Cc2ccccc2CN1CC(=O)N1CCc2sccc2C1. The minimum atomic E-state index is -0.416. The Balaban J connectivity index is 1.49. The molecule has 5 nitrogen and oxygen atoms in total. The van der Waals surface area contributed by atoms with Crippen LogP contribution in [0.5, 0.6) is 0 Å². The zero-order valence-electron chi connectivity index (χ0n) is 14.0. The number of primary amides is 1. The van der Waals surface area contributed by atoms with Gasteiger partial charge >= 0.3 is 0 Å². The van der Waals surface area contributed by atoms with Crippen LogP contribution in [0.3, 0.4) is 0 Å². The first-order valence-electron chi connectivity index (χ1n) is 8.55. The number of hydrogen-bond donors (Lipinski definition) is 1. The number of rotatable bonds is 3. The minimum absolute atomic E-state index is 0.0717. The van der Waals surface area contributed by atoms with Gasteiger partial charge in [-0.2, -0.15) is 0 Å². The Kier molecular flexibility index (Phi) is 4.31. The van der Waals surface area contributed by atoms with Crippen LogP contribution in [0.25, 0.3) is 0 Å². The zero-order chi connectivity index (χ0) is 17.4. The van der Waals surface area contributed by atoms with Gasteiger partial charge in [0, 0.05) is 24.5 Å². The summed E-state index contributed by atoms with van der Waals surface area (Å²) in [4.78, 5) is 29.9. The molecular weight excluding hydrogens is 334 g/mol. The van der Waals surface area contributed by atoms with E-state index in [1.807, 2.05) is 28.0 Å². The fourth-order valence-corrected chi connectivity index (χ4v) is 4.65. The molecule has 2 amide bonds. The molecule has 25 heavy (non-hydrogen) atoms. The van der Waals surface area contributed by atoms with Crippen molar-refractivity contribution in [1.29, 1.82) is 0 Å². The first-order valence-corrected chi connectivity index (χ1v) is 9.43. The molecule has 1 aromatic heterocycles. The molecule has 0 saturated heterocycles. The third-order valence-corrected chi connectivity index (χ3v) is 6.20. The Bertz CT molecular complexity index is 817. The van der Waals surface area contributed by atoms with Crippen molar-refractivity contribution in [2.75, 3.05) is 13.1 Å². The van der Waals surface area contributed by atoms with Crippen molar-refractivity contribution in [2.24, 2.45) is 5.73 Å². The number of fused-ring (bicyclic) bond motifs is 2. The molecule has 0 saturated carbocycles. The Morgan fingerprint density at radius 1 is 1.12 bits per heavy atom. The van der Waals surface area contributed by atoms with Gasteiger partial charge in [-0.15, -0.1) is 11.3 Å². The highest BCUT2D eigenvalue weighted by molar-refractivity contribution is 7.10. The molecular formula is C19H21N3O2S. The van der Waals surface area contributed by atoms with Gasteiger partial charge in [0.05, 0.1) is 12.6 Å². The van der Waals surface area contributed by atoms with Crippen LogP contribution in [-0.2, 0) is 35.5 Å². The summed E-state index contributed by atoms with van der Waals surface area (Å²) in [6.45, 7) is 2.25. The lowest BCUT2D eigenvalue weighted by atomic mass is 9.93. The molecule has 1 atom stereocenters. The fourth-order valence-electron chi connectivity index (χ4n) is 3.76. The number of benzene rings is 1. The molecule has 1 aromatic carbocycles. The molecule has 2 aliphatic heterocycles. The smallest absolute Gasteiger partial charge is 0.237 e. The lowest BCUT2D eigenvalue weighted by molar-refractivity contribution is -0.135. The largest absolute Gasteiger partial charge is 0.368 e. The number of nitrogens with two attached hydrogens (primary N) is 1. The highest BCUT2D eigenvalue weighted by Crippen LogP contribution is 2.26. The molecule has 2 aliphatic rings. The normalized spacial score (nSPS) is 20.0. The summed E-state index contributed by atoms with van der Waals surface area (Å²) < 4.78 is 0. The molecule has 130 valence electrons. The van der Waals surface area contributed by atoms with Crippen molar-refractivity contribution in [3.05, 3.63) is 57.3 Å². The van der Waals surface area contributed by atoms with Crippen LogP contribution in [0.15, 0.2) is 35.7 Å². The number of thiophene rings is 1. The molecule has 0 fully saturated rings. The van der Waals surface area contributed by atoms with Crippen LogP contribution >= 0.6 is 11.3 Å². The van der Waals surface area contributed by atoms with Crippen LogP contribution in [0.2, 0.25) is 0 Å². The summed E-state index contributed by atoms with van der Waals surface area (Å²) >= 11 is 1.76. The molecule has 0 bridgehead atoms. The summed E-state index contributed by atoms with van der Waals surface area (Å²) in [7, 11) is 0. The second kappa shape index (κ2) is 6.61. The quantitative estimate of drug-likeness (QED) is 0.908. The first kappa shape index (κ1) is 16.3. The molecule has 0 radical (unpaired) electrons. The lowest BCUT2D eigenvalue weighted by Crippen LogP contribution is -2.52. The highest BCUT2D eigenvalue weighted by Gasteiger charge is 2.32. The van der Waals surface area contributed by atoms with Crippen molar-refractivity contribution in [3.63, 3.8) is 0 Å². The van der Waals surface area contributed by atoms with E-state index in [-0.39, 0.29) is 18.4 Å². The van der Waals surface area contributed by atoms with E-state index in [0.717, 1.165) is 18.5 Å². The van der Waals surface area contributed by atoms with Gasteiger partial charge in [0.1, 0.15) is 0 Å². The van der Waals surface area contributed by atoms with Crippen molar-refractivity contribution < 1.29 is 9.59 Å². The molecule has 2 N–H and O–H groups in total. The summed E-state index contributed by atoms with van der Waals surface area (Å²) in [5.74, 6) is -0.288. The van der Waals surface area contributed by atoms with E-state index in [0.29, 0.717) is 19.5 Å². The third-order valence-electron chi connectivity index (χ3n) is 5.17. The van der Waals surface area contributed by atoms with Crippen LogP contribution in [0.1, 0.15) is 21.6 Å². The van der Waals surface area contributed by atoms with Gasteiger partial charge in [-0.25, -0.2) is 0 Å². The van der Waals surface area contributed by atoms with E-state index in [1.165, 1.54) is 16.0 Å². The molecule has 6 heteroatoms. The van der Waals surface area contributed by atoms with Crippen molar-refractivity contribution in [2.45, 2.75) is 32.0 Å². The predicted octanol–water partition coefficient (Wildman–Crippen LogP) is 1.54. The number of hydrogen-bond acceptors (Lipinski definition) is 4. The van der Waals surface area contributed by atoms with Crippen LogP contribution in [-0.4, -0.2) is 40.7 Å². The number of carbonyl (C=O) groups is 2. The Morgan fingerprint density at radius 3 is 2.72 bits per heavy atom. The topological polar surface area (TPSA) is 66.6 Å². The monoisotopic (exact) mass is 355 g/mol. The third kappa shape index (κ3) is 3.19. The first-order chi connectivity index (χ1) is 12.1. The molecule has 0 aliphatic carbocycles. The van der Waals surface area contributed by atoms with Gasteiger partial charge in [-0.05, 0) is 41.0 Å². The number of carbonyl (C=O) groups excluding carboxylic acids is 2. The summed E-state index contributed by atoms with van der Waals surface area (Å²) in [6, 6.07) is 9.74. The van der Waals surface area contributed by atoms with E-state index in [9.17, 15) is 9.59 Å². The average Bonchev–Trinajstić information content (AvgIpc) is 3.08. The van der Waals surface area contributed by atoms with Crippen molar-refractivity contribution in [3.8, 4) is 0 Å². The second-order valence-electron chi connectivity index (χ2n) is 6.73. The average molecular weight is 355 g/mol. The van der Waals surface area contributed by atoms with Gasteiger partial charge < -0.3 is 10.6 Å². The Labute approximate surface area is 151 Å². The molecule has 4 rings (SSSR count). The highest BCUT2D eigenvalue weighted by atomic mass is 32.1. The zero-order valence-corrected chi connectivity index (χ0v) is 14.8. The maximum Gasteiger partial charge on any atom is 0.237 e. The van der Waals surface area contributed by atoms with Crippen LogP contribution in [0.4, 0.5) is 0 Å². The second-order valence-corrected chi connectivity index (χ2v) is 7.73. The Morgan fingerprint density at radius 2 is 1.92 bits per heavy atom. The fraction of sp³-hybridized carbons (Fsp3) is 0.368. The van der Waals surface area contributed by atoms with Gasteiger partial charge in [-0.3, -0.25) is 14.5 Å². The van der Waals surface area contributed by atoms with E-state index >= 15 is 0 Å². The molecule has 2 aromatic rings. The molecule has 1 unspecified atom stereocenters.